The van der Waals surface area contributed by atoms with Gasteiger partial charge < -0.3 is 14.4 Å². The summed E-state index contributed by atoms with van der Waals surface area (Å²) in [4.78, 5) is 17.3. The van der Waals surface area contributed by atoms with E-state index in [9.17, 15) is 10.1 Å². The molecule has 0 saturated carbocycles. The van der Waals surface area contributed by atoms with Crippen LogP contribution in [0.1, 0.15) is 23.6 Å². The first-order chi connectivity index (χ1) is 14.0. The van der Waals surface area contributed by atoms with Crippen molar-refractivity contribution >= 4 is 23.5 Å². The summed E-state index contributed by atoms with van der Waals surface area (Å²) in [6, 6.07) is 11.0. The highest BCUT2D eigenvalue weighted by Gasteiger charge is 2.19. The number of aromatic amines is 1. The fourth-order valence-electron chi connectivity index (χ4n) is 2.84. The number of hydrogen-bond acceptors (Lipinski definition) is 7. The van der Waals surface area contributed by atoms with Gasteiger partial charge in [0, 0.05) is 13.1 Å². The Kier molecular flexibility index (Phi) is 6.43. The summed E-state index contributed by atoms with van der Waals surface area (Å²) in [6.07, 6.45) is 0. The molecule has 3 rings (SSSR count). The minimum absolute atomic E-state index is 0.0763. The van der Waals surface area contributed by atoms with Crippen LogP contribution in [0.3, 0.4) is 0 Å². The largest absolute Gasteiger partial charge is 0.486 e. The second kappa shape index (κ2) is 9.18. The molecule has 1 aromatic heterocycles. The Morgan fingerprint density at radius 3 is 2.62 bits per heavy atom. The van der Waals surface area contributed by atoms with E-state index in [1.165, 1.54) is 17.8 Å². The fraction of sp³-hybridized carbons (Fsp3) is 0.300. The van der Waals surface area contributed by atoms with E-state index in [2.05, 4.69) is 4.98 Å². The molecule has 8 nitrogen and oxygen atoms in total. The van der Waals surface area contributed by atoms with Crippen molar-refractivity contribution in [2.75, 3.05) is 31.2 Å². The fourth-order valence-corrected chi connectivity index (χ4v) is 3.73. The maximum absolute atomic E-state index is 12.7. The number of hydrogen-bond donors (Lipinski definition) is 1. The first kappa shape index (κ1) is 20.3. The third kappa shape index (κ3) is 4.71. The highest BCUT2D eigenvalue weighted by atomic mass is 32.2. The number of benzene rings is 1. The zero-order valence-electron chi connectivity index (χ0n) is 15.9. The van der Waals surface area contributed by atoms with Gasteiger partial charge in [-0.2, -0.15) is 10.5 Å². The lowest BCUT2D eigenvalue weighted by atomic mass is 10.2. The van der Waals surface area contributed by atoms with Crippen molar-refractivity contribution in [2.24, 2.45) is 0 Å². The average molecular weight is 410 g/mol. The zero-order valence-corrected chi connectivity index (χ0v) is 16.7. The first-order valence-electron chi connectivity index (χ1n) is 9.00. The molecule has 0 fully saturated rings. The van der Waals surface area contributed by atoms with Gasteiger partial charge in [0.05, 0.1) is 5.75 Å². The smallest absolute Gasteiger partial charge is 0.289 e. The number of nitrogen functional groups attached to an aromatic ring is 1. The van der Waals surface area contributed by atoms with E-state index in [0.29, 0.717) is 42.8 Å². The maximum atomic E-state index is 12.7. The number of nitriles is 2. The van der Waals surface area contributed by atoms with Crippen LogP contribution < -0.4 is 20.2 Å². The molecule has 1 aliphatic rings. The molecule has 0 saturated heterocycles. The van der Waals surface area contributed by atoms with E-state index in [0.717, 1.165) is 5.56 Å². The van der Waals surface area contributed by atoms with E-state index >= 15 is 0 Å². The number of ether oxygens (including phenoxy) is 2. The van der Waals surface area contributed by atoms with E-state index in [1.807, 2.05) is 37.3 Å². The van der Waals surface area contributed by atoms with Crippen LogP contribution >= 0.6 is 11.8 Å². The Morgan fingerprint density at radius 1 is 1.21 bits per heavy atom. The Balaban J connectivity index is 1.67. The number of thioether (sulfide) groups is 1. The Labute approximate surface area is 172 Å². The molecular weight excluding hydrogens is 390 g/mol. The molecular formula is C20H20N5O3S+. The topological polar surface area (TPSA) is 127 Å². The predicted molar refractivity (Wildman–Crippen MR) is 106 cm³/mol. The number of nitrogens with one attached hydrogen (secondary N) is 1. The molecule has 2 aromatic rings. The minimum Gasteiger partial charge on any atom is -0.486 e. The van der Waals surface area contributed by atoms with Gasteiger partial charge in [-0.3, -0.25) is 10.5 Å². The number of fused-ring (bicyclic) bond motifs is 1. The summed E-state index contributed by atoms with van der Waals surface area (Å²) in [6.45, 7) is 3.93. The van der Waals surface area contributed by atoms with Crippen LogP contribution in [0.15, 0.2) is 29.3 Å². The second-order valence-electron chi connectivity index (χ2n) is 6.24. The second-order valence-corrected chi connectivity index (χ2v) is 7.22. The number of carbonyl (C=O) groups excluding carboxylic acids is 1. The molecule has 1 aromatic carbocycles. The Bertz CT molecular complexity index is 1010. The molecule has 1 aliphatic heterocycles. The van der Waals surface area contributed by atoms with Crippen LogP contribution in [0.25, 0.3) is 0 Å². The summed E-state index contributed by atoms with van der Waals surface area (Å²) >= 11 is 1.19. The van der Waals surface area contributed by atoms with Crippen molar-refractivity contribution in [2.45, 2.75) is 18.5 Å². The summed E-state index contributed by atoms with van der Waals surface area (Å²) < 4.78 is 11.1. The average Bonchev–Trinajstić information content (AvgIpc) is 2.75. The molecule has 9 heteroatoms. The lowest BCUT2D eigenvalue weighted by Gasteiger charge is -2.23. The molecule has 0 spiro atoms. The Morgan fingerprint density at radius 2 is 1.93 bits per heavy atom. The number of H-pyrrole nitrogens is 1. The lowest BCUT2D eigenvalue weighted by molar-refractivity contribution is -0.410. The Hall–Kier alpha value is -3.43. The number of carbonyl (C=O) groups is 1. The van der Waals surface area contributed by atoms with Crippen LogP contribution in [-0.2, 0) is 11.3 Å². The number of amides is 1. The lowest BCUT2D eigenvalue weighted by Crippen LogP contribution is -2.32. The van der Waals surface area contributed by atoms with Crippen molar-refractivity contribution < 1.29 is 19.3 Å². The number of nitrogens with zero attached hydrogens (tertiary/aromatic N) is 3. The molecule has 2 heterocycles. The minimum atomic E-state index is -0.0763. The van der Waals surface area contributed by atoms with Crippen LogP contribution in [0.2, 0.25) is 0 Å². The third-order valence-electron chi connectivity index (χ3n) is 4.37. The number of pyridine rings is 1. The van der Waals surface area contributed by atoms with Gasteiger partial charge >= 0.3 is 0 Å². The van der Waals surface area contributed by atoms with Crippen molar-refractivity contribution in [1.82, 2.24) is 4.90 Å². The zero-order chi connectivity index (χ0) is 20.8. The SMILES string of the molecule is CCN(Cc1ccc2c(c1)OCCO2)C(=O)CSc1[nH+]c(N)c(C#N)cc1C#N. The van der Waals surface area contributed by atoms with Gasteiger partial charge in [-0.15, -0.1) is 0 Å². The van der Waals surface area contributed by atoms with E-state index < -0.39 is 0 Å². The van der Waals surface area contributed by atoms with E-state index in [4.69, 9.17) is 20.5 Å². The van der Waals surface area contributed by atoms with Crippen molar-refractivity contribution in [3.63, 3.8) is 0 Å². The third-order valence-corrected chi connectivity index (χ3v) is 5.37. The van der Waals surface area contributed by atoms with Crippen LogP contribution in [0.4, 0.5) is 5.82 Å². The molecule has 0 atom stereocenters. The van der Waals surface area contributed by atoms with Crippen LogP contribution in [-0.4, -0.2) is 36.3 Å². The van der Waals surface area contributed by atoms with Gasteiger partial charge in [-0.25, -0.2) is 4.98 Å². The number of rotatable bonds is 6. The molecule has 148 valence electrons. The summed E-state index contributed by atoms with van der Waals surface area (Å²) in [5.41, 5.74) is 7.21. The first-order valence-corrected chi connectivity index (χ1v) is 9.99. The number of nitrogens with two attached hydrogens (primary N) is 1. The van der Waals surface area contributed by atoms with E-state index in [1.54, 1.807) is 4.90 Å². The molecule has 3 N–H and O–H groups in total. The predicted octanol–water partition coefficient (Wildman–Crippen LogP) is 1.74. The van der Waals surface area contributed by atoms with Crippen LogP contribution in [0, 0.1) is 22.7 Å². The maximum Gasteiger partial charge on any atom is 0.289 e. The van der Waals surface area contributed by atoms with Gasteiger partial charge in [-0.1, -0.05) is 17.8 Å². The summed E-state index contributed by atoms with van der Waals surface area (Å²) in [5.74, 6) is 1.63. The summed E-state index contributed by atoms with van der Waals surface area (Å²) in [5, 5.41) is 18.8. The highest BCUT2D eigenvalue weighted by molar-refractivity contribution is 7.99. The quantitative estimate of drug-likeness (QED) is 0.719. The van der Waals surface area contributed by atoms with Gasteiger partial charge in [0.1, 0.15) is 36.5 Å². The molecule has 0 unspecified atom stereocenters. The molecule has 0 radical (unpaired) electrons. The number of anilines is 1. The van der Waals surface area contributed by atoms with Gasteiger partial charge in [-0.05, 0) is 30.7 Å². The monoisotopic (exact) mass is 410 g/mol. The van der Waals surface area contributed by atoms with Crippen molar-refractivity contribution in [3.8, 4) is 23.6 Å². The van der Waals surface area contributed by atoms with Crippen LogP contribution in [0.5, 0.6) is 11.5 Å². The molecule has 0 aliphatic carbocycles. The van der Waals surface area contributed by atoms with Gasteiger partial charge in [0.15, 0.2) is 16.5 Å². The van der Waals surface area contributed by atoms with Crippen molar-refractivity contribution in [3.05, 3.63) is 41.0 Å². The van der Waals surface area contributed by atoms with Gasteiger partial charge in [0.25, 0.3) is 5.82 Å². The highest BCUT2D eigenvalue weighted by Crippen LogP contribution is 2.31. The van der Waals surface area contributed by atoms with Crippen molar-refractivity contribution in [1.29, 1.82) is 10.5 Å². The molecule has 29 heavy (non-hydrogen) atoms. The molecule has 1 amide bonds. The summed E-state index contributed by atoms with van der Waals surface area (Å²) in [7, 11) is 0. The standard InChI is InChI=1S/C20H19N5O3S/c1-2-25(11-13-3-4-16-17(7-13)28-6-5-27-16)18(26)12-29-20-15(10-22)8-14(9-21)19(23)24-20/h3-4,7-8H,2,5-6,11-12H2,1H3,(H2,23,24)/p+1. The molecule has 0 bridgehead atoms. The van der Waals surface area contributed by atoms with Gasteiger partial charge in [0.2, 0.25) is 5.91 Å². The normalized spacial score (nSPS) is 12.0. The number of aromatic nitrogens is 1. The van der Waals surface area contributed by atoms with E-state index in [-0.39, 0.29) is 28.6 Å².